The lowest BCUT2D eigenvalue weighted by Gasteiger charge is -2.26. The molecule has 3 rings (SSSR count). The number of hydrogen-bond acceptors (Lipinski definition) is 7. The number of aromatic nitrogens is 2. The summed E-state index contributed by atoms with van der Waals surface area (Å²) in [4.78, 5) is 21.9. The van der Waals surface area contributed by atoms with Crippen LogP contribution in [-0.2, 0) is 9.54 Å². The summed E-state index contributed by atoms with van der Waals surface area (Å²) in [7, 11) is 0. The Bertz CT molecular complexity index is 917. The van der Waals surface area contributed by atoms with Crippen molar-refractivity contribution in [2.24, 2.45) is 0 Å². The number of rotatable bonds is 8. The van der Waals surface area contributed by atoms with E-state index in [9.17, 15) is 4.79 Å². The molecule has 2 N–H and O–H groups in total. The third-order valence-electron chi connectivity index (χ3n) is 3.93. The van der Waals surface area contributed by atoms with Gasteiger partial charge in [-0.2, -0.15) is 0 Å². The monoisotopic (exact) mass is 403 g/mol. The Kier molecular flexibility index (Phi) is 6.30. The van der Waals surface area contributed by atoms with Crippen LogP contribution in [0, 0.1) is 0 Å². The van der Waals surface area contributed by atoms with E-state index in [1.54, 1.807) is 6.20 Å². The van der Waals surface area contributed by atoms with E-state index in [1.165, 1.54) is 23.1 Å². The van der Waals surface area contributed by atoms with Crippen molar-refractivity contribution in [1.29, 1.82) is 0 Å². The van der Waals surface area contributed by atoms with E-state index in [4.69, 9.17) is 9.84 Å². The Labute approximate surface area is 166 Å². The van der Waals surface area contributed by atoms with Gasteiger partial charge in [0.05, 0.1) is 29.1 Å². The molecule has 0 bridgehead atoms. The SMILES string of the molecule is CCOc1ccc2nc(SC(C)(C(=O)NCCO)c3ccccn3)sc2c1. The summed E-state index contributed by atoms with van der Waals surface area (Å²) in [5, 5.41) is 11.8. The van der Waals surface area contributed by atoms with Gasteiger partial charge in [0.15, 0.2) is 4.34 Å². The van der Waals surface area contributed by atoms with Crippen LogP contribution in [0.25, 0.3) is 10.2 Å². The van der Waals surface area contributed by atoms with Gasteiger partial charge in [-0.1, -0.05) is 17.8 Å². The van der Waals surface area contributed by atoms with Crippen LogP contribution < -0.4 is 10.1 Å². The van der Waals surface area contributed by atoms with Gasteiger partial charge >= 0.3 is 0 Å². The number of nitrogens with zero attached hydrogens (tertiary/aromatic N) is 2. The molecule has 1 atom stereocenters. The summed E-state index contributed by atoms with van der Waals surface area (Å²) < 4.78 is 6.36. The fraction of sp³-hybridized carbons (Fsp3) is 0.316. The number of pyridine rings is 1. The standard InChI is InChI=1S/C19H21N3O3S2/c1-3-25-13-7-8-14-15(12-13)26-18(22-14)27-19(2,17(24)21-10-11-23)16-6-4-5-9-20-16/h4-9,12,23H,3,10-11H2,1-2H3,(H,21,24). The van der Waals surface area contributed by atoms with Gasteiger partial charge in [0.1, 0.15) is 10.5 Å². The summed E-state index contributed by atoms with van der Waals surface area (Å²) in [6, 6.07) is 11.3. The van der Waals surface area contributed by atoms with Gasteiger partial charge in [-0.3, -0.25) is 9.78 Å². The number of carbonyl (C=O) groups excluding carboxylic acids is 1. The first-order chi connectivity index (χ1) is 13.1. The molecular formula is C19H21N3O3S2. The lowest BCUT2D eigenvalue weighted by Crippen LogP contribution is -2.41. The van der Waals surface area contributed by atoms with E-state index in [1.807, 2.05) is 50.2 Å². The molecule has 0 aliphatic heterocycles. The summed E-state index contributed by atoms with van der Waals surface area (Å²) in [5.74, 6) is 0.591. The summed E-state index contributed by atoms with van der Waals surface area (Å²) in [5.41, 5.74) is 1.50. The van der Waals surface area contributed by atoms with Crippen molar-refractivity contribution in [2.45, 2.75) is 22.9 Å². The van der Waals surface area contributed by atoms with Gasteiger partial charge in [-0.15, -0.1) is 11.3 Å². The lowest BCUT2D eigenvalue weighted by molar-refractivity contribution is -0.123. The van der Waals surface area contributed by atoms with E-state index in [2.05, 4.69) is 15.3 Å². The van der Waals surface area contributed by atoms with Crippen LogP contribution in [0.3, 0.4) is 0 Å². The third kappa shape index (κ3) is 4.40. The van der Waals surface area contributed by atoms with Crippen LogP contribution >= 0.6 is 23.1 Å². The highest BCUT2D eigenvalue weighted by Gasteiger charge is 2.38. The van der Waals surface area contributed by atoms with Crippen LogP contribution in [0.5, 0.6) is 5.75 Å². The second-order valence-electron chi connectivity index (χ2n) is 5.87. The Morgan fingerprint density at radius 3 is 2.93 bits per heavy atom. The highest BCUT2D eigenvalue weighted by Crippen LogP contribution is 2.43. The predicted octanol–water partition coefficient (Wildman–Crippen LogP) is 3.21. The van der Waals surface area contributed by atoms with Gasteiger partial charge in [-0.05, 0) is 44.2 Å². The molecule has 0 aliphatic carbocycles. The number of hydrogen-bond donors (Lipinski definition) is 2. The van der Waals surface area contributed by atoms with Crippen molar-refractivity contribution >= 4 is 39.2 Å². The summed E-state index contributed by atoms with van der Waals surface area (Å²) in [6.45, 7) is 4.45. The van der Waals surface area contributed by atoms with Gasteiger partial charge in [0, 0.05) is 12.7 Å². The number of aliphatic hydroxyl groups is 1. The number of amides is 1. The maximum absolute atomic E-state index is 12.9. The Balaban J connectivity index is 1.94. The Morgan fingerprint density at radius 1 is 1.37 bits per heavy atom. The number of nitrogens with one attached hydrogen (secondary N) is 1. The third-order valence-corrected chi connectivity index (χ3v) is 6.31. The first kappa shape index (κ1) is 19.6. The van der Waals surface area contributed by atoms with Crippen molar-refractivity contribution < 1.29 is 14.6 Å². The molecule has 8 heteroatoms. The quantitative estimate of drug-likeness (QED) is 0.562. The topological polar surface area (TPSA) is 84.3 Å². The maximum atomic E-state index is 12.9. The Morgan fingerprint density at radius 2 is 2.22 bits per heavy atom. The van der Waals surface area contributed by atoms with Crippen molar-refractivity contribution in [2.75, 3.05) is 19.8 Å². The molecule has 0 saturated carbocycles. The molecule has 0 aliphatic rings. The molecule has 0 spiro atoms. The van der Waals surface area contributed by atoms with E-state index < -0.39 is 4.75 Å². The van der Waals surface area contributed by atoms with E-state index >= 15 is 0 Å². The van der Waals surface area contributed by atoms with Gasteiger partial charge in [0.25, 0.3) is 0 Å². The minimum Gasteiger partial charge on any atom is -0.494 e. The number of benzene rings is 1. The van der Waals surface area contributed by atoms with Crippen molar-refractivity contribution in [3.8, 4) is 5.75 Å². The summed E-state index contributed by atoms with van der Waals surface area (Å²) >= 11 is 2.87. The molecule has 6 nitrogen and oxygen atoms in total. The Hall–Kier alpha value is -2.16. The van der Waals surface area contributed by atoms with Crippen LogP contribution in [0.15, 0.2) is 46.9 Å². The van der Waals surface area contributed by atoms with Crippen LogP contribution in [0.2, 0.25) is 0 Å². The summed E-state index contributed by atoms with van der Waals surface area (Å²) in [6.07, 6.45) is 1.67. The molecule has 27 heavy (non-hydrogen) atoms. The molecule has 0 radical (unpaired) electrons. The first-order valence-corrected chi connectivity index (χ1v) is 10.2. The first-order valence-electron chi connectivity index (χ1n) is 8.60. The minimum atomic E-state index is -0.965. The molecule has 1 unspecified atom stereocenters. The molecule has 3 aromatic rings. The number of ether oxygens (including phenoxy) is 1. The molecule has 0 fully saturated rings. The fourth-order valence-electron chi connectivity index (χ4n) is 2.56. The van der Waals surface area contributed by atoms with E-state index in [0.717, 1.165) is 20.3 Å². The van der Waals surface area contributed by atoms with Crippen LogP contribution in [-0.4, -0.2) is 40.7 Å². The molecule has 0 saturated heterocycles. The zero-order valence-electron chi connectivity index (χ0n) is 15.1. The highest BCUT2D eigenvalue weighted by molar-refractivity contribution is 8.02. The number of carbonyl (C=O) groups is 1. The molecule has 1 amide bonds. The highest BCUT2D eigenvalue weighted by atomic mass is 32.2. The number of thioether (sulfide) groups is 1. The molecular weight excluding hydrogens is 382 g/mol. The predicted molar refractivity (Wildman–Crippen MR) is 108 cm³/mol. The zero-order valence-corrected chi connectivity index (χ0v) is 16.8. The van der Waals surface area contributed by atoms with Crippen LogP contribution in [0.4, 0.5) is 0 Å². The average molecular weight is 404 g/mol. The van der Waals surface area contributed by atoms with E-state index in [-0.39, 0.29) is 19.1 Å². The van der Waals surface area contributed by atoms with Gasteiger partial charge in [0.2, 0.25) is 5.91 Å². The number of aliphatic hydroxyl groups excluding tert-OH is 1. The molecule has 2 heterocycles. The minimum absolute atomic E-state index is 0.115. The molecule has 2 aromatic heterocycles. The van der Waals surface area contributed by atoms with Gasteiger partial charge in [-0.25, -0.2) is 4.98 Å². The molecule has 142 valence electrons. The van der Waals surface area contributed by atoms with Crippen molar-refractivity contribution in [3.63, 3.8) is 0 Å². The lowest BCUT2D eigenvalue weighted by atomic mass is 10.1. The zero-order chi connectivity index (χ0) is 19.3. The average Bonchev–Trinajstić information content (AvgIpc) is 3.08. The van der Waals surface area contributed by atoms with Crippen molar-refractivity contribution in [3.05, 3.63) is 48.3 Å². The largest absolute Gasteiger partial charge is 0.494 e. The van der Waals surface area contributed by atoms with Crippen molar-refractivity contribution in [1.82, 2.24) is 15.3 Å². The number of thiazole rings is 1. The van der Waals surface area contributed by atoms with E-state index in [0.29, 0.717) is 12.3 Å². The fourth-order valence-corrected chi connectivity index (χ4v) is 5.10. The smallest absolute Gasteiger partial charge is 0.242 e. The normalized spacial score (nSPS) is 13.3. The second-order valence-corrected chi connectivity index (χ2v) is 8.57. The second kappa shape index (κ2) is 8.69. The van der Waals surface area contributed by atoms with Gasteiger partial charge < -0.3 is 15.2 Å². The van der Waals surface area contributed by atoms with Crippen LogP contribution in [0.1, 0.15) is 19.5 Å². The maximum Gasteiger partial charge on any atom is 0.242 e. The molecule has 1 aromatic carbocycles. The number of fused-ring (bicyclic) bond motifs is 1.